The van der Waals surface area contributed by atoms with Crippen LogP contribution in [0, 0.1) is 0 Å². The number of carbonyl (C=O) groups is 1. The summed E-state index contributed by atoms with van der Waals surface area (Å²) in [6.07, 6.45) is 3.46. The van der Waals surface area contributed by atoms with Gasteiger partial charge in [-0.2, -0.15) is 4.68 Å². The van der Waals surface area contributed by atoms with E-state index in [4.69, 9.17) is 11.6 Å². The second kappa shape index (κ2) is 7.29. The summed E-state index contributed by atoms with van der Waals surface area (Å²) in [6.45, 7) is 8.83. The van der Waals surface area contributed by atoms with Gasteiger partial charge in [0.05, 0.1) is 5.69 Å². The zero-order valence-electron chi connectivity index (χ0n) is 12.3. The van der Waals surface area contributed by atoms with Crippen LogP contribution in [-0.4, -0.2) is 49.2 Å². The summed E-state index contributed by atoms with van der Waals surface area (Å²) < 4.78 is 5.85. The lowest BCUT2D eigenvalue weighted by Crippen LogP contribution is -2.32. The number of rotatable bonds is 8. The highest BCUT2D eigenvalue weighted by molar-refractivity contribution is 5.92. The molecule has 0 aliphatic rings. The molecule has 0 bridgehead atoms. The average Bonchev–Trinajstić information content (AvgIpc) is 3.13. The van der Waals surface area contributed by atoms with Gasteiger partial charge in [-0.1, -0.05) is 17.4 Å². The van der Waals surface area contributed by atoms with Gasteiger partial charge in [0, 0.05) is 19.6 Å². The maximum absolute atomic E-state index is 11.9. The fourth-order valence-corrected chi connectivity index (χ4v) is 1.98. The first-order valence-corrected chi connectivity index (χ1v) is 6.60. The SMILES string of the molecule is C=CCN(CC=C)Cc1c(C(=O)NN)nnn1-c1nonc1N. The molecule has 2 aromatic heterocycles. The van der Waals surface area contributed by atoms with Gasteiger partial charge >= 0.3 is 0 Å². The van der Waals surface area contributed by atoms with Crippen LogP contribution >= 0.6 is 0 Å². The Labute approximate surface area is 131 Å². The van der Waals surface area contributed by atoms with E-state index in [1.807, 2.05) is 10.3 Å². The van der Waals surface area contributed by atoms with Crippen LogP contribution in [0.5, 0.6) is 0 Å². The number of hydrogen-bond acceptors (Lipinski definition) is 9. The molecule has 0 aromatic carbocycles. The summed E-state index contributed by atoms with van der Waals surface area (Å²) in [4.78, 5) is 13.8. The highest BCUT2D eigenvalue weighted by Gasteiger charge is 2.24. The number of hydrogen-bond donors (Lipinski definition) is 3. The molecule has 0 atom stereocenters. The van der Waals surface area contributed by atoms with E-state index in [1.54, 1.807) is 12.2 Å². The monoisotopic (exact) mass is 319 g/mol. The van der Waals surface area contributed by atoms with E-state index >= 15 is 0 Å². The minimum atomic E-state index is -0.585. The number of aromatic nitrogens is 5. The summed E-state index contributed by atoms with van der Waals surface area (Å²) >= 11 is 0. The molecule has 11 nitrogen and oxygen atoms in total. The molecule has 0 radical (unpaired) electrons. The Bertz CT molecular complexity index is 695. The molecule has 1 amide bonds. The summed E-state index contributed by atoms with van der Waals surface area (Å²) in [5.41, 5.74) is 8.19. The summed E-state index contributed by atoms with van der Waals surface area (Å²) in [6, 6.07) is 0. The van der Waals surface area contributed by atoms with Crippen LogP contribution in [0.3, 0.4) is 0 Å². The van der Waals surface area contributed by atoms with E-state index in [9.17, 15) is 4.79 Å². The van der Waals surface area contributed by atoms with Gasteiger partial charge < -0.3 is 5.73 Å². The number of nitrogens with two attached hydrogens (primary N) is 2. The van der Waals surface area contributed by atoms with E-state index in [1.165, 1.54) is 4.68 Å². The molecule has 0 aliphatic heterocycles. The maximum atomic E-state index is 11.9. The van der Waals surface area contributed by atoms with Crippen LogP contribution in [-0.2, 0) is 6.54 Å². The highest BCUT2D eigenvalue weighted by atomic mass is 16.6. The molecule has 0 spiro atoms. The molecule has 11 heteroatoms. The van der Waals surface area contributed by atoms with Crippen LogP contribution in [0.25, 0.3) is 5.82 Å². The zero-order valence-corrected chi connectivity index (χ0v) is 12.3. The standard InChI is InChI=1S/C12H17N9O2/c1-3-5-20(6-4-2)7-8-9(12(22)15-14)16-19-21(8)11-10(13)17-23-18-11/h3-4H,1-2,5-7,14H2,(H2,13,17)(H,15,22). The Morgan fingerprint density at radius 1 is 1.35 bits per heavy atom. The lowest BCUT2D eigenvalue weighted by atomic mass is 10.2. The van der Waals surface area contributed by atoms with Gasteiger partial charge in [0.25, 0.3) is 5.91 Å². The Morgan fingerprint density at radius 3 is 2.57 bits per heavy atom. The summed E-state index contributed by atoms with van der Waals surface area (Å²) in [5, 5.41) is 14.9. The van der Waals surface area contributed by atoms with Crippen LogP contribution in [0.15, 0.2) is 29.9 Å². The van der Waals surface area contributed by atoms with Gasteiger partial charge in [-0.15, -0.1) is 18.3 Å². The Balaban J connectivity index is 2.46. The first kappa shape index (κ1) is 16.3. The Hall–Kier alpha value is -3.05. The van der Waals surface area contributed by atoms with Crippen molar-refractivity contribution in [3.63, 3.8) is 0 Å². The molecule has 2 heterocycles. The molecule has 122 valence electrons. The first-order chi connectivity index (χ1) is 11.1. The zero-order chi connectivity index (χ0) is 16.8. The van der Waals surface area contributed by atoms with Crippen molar-refractivity contribution in [2.24, 2.45) is 5.84 Å². The van der Waals surface area contributed by atoms with Crippen molar-refractivity contribution in [1.82, 2.24) is 35.6 Å². The van der Waals surface area contributed by atoms with Crippen molar-refractivity contribution in [2.45, 2.75) is 6.54 Å². The van der Waals surface area contributed by atoms with E-state index < -0.39 is 5.91 Å². The number of hydrazine groups is 1. The molecule has 2 aromatic rings. The number of nitrogen functional groups attached to an aromatic ring is 2. The third kappa shape index (κ3) is 3.41. The molecule has 0 saturated carbocycles. The Morgan fingerprint density at radius 2 is 2.04 bits per heavy atom. The molecule has 0 unspecified atom stereocenters. The molecule has 23 heavy (non-hydrogen) atoms. The maximum Gasteiger partial charge on any atom is 0.287 e. The number of nitrogens with one attached hydrogen (secondary N) is 1. The van der Waals surface area contributed by atoms with Gasteiger partial charge in [-0.3, -0.25) is 15.1 Å². The number of nitrogens with zero attached hydrogens (tertiary/aromatic N) is 6. The first-order valence-electron chi connectivity index (χ1n) is 6.60. The Kier molecular flexibility index (Phi) is 5.17. The molecule has 2 rings (SSSR count). The van der Waals surface area contributed by atoms with Gasteiger partial charge in [0.2, 0.25) is 11.6 Å². The smallest absolute Gasteiger partial charge is 0.287 e. The minimum Gasteiger partial charge on any atom is -0.378 e. The lowest BCUT2D eigenvalue weighted by molar-refractivity contribution is 0.0946. The fraction of sp³-hybridized carbons (Fsp3) is 0.250. The van der Waals surface area contributed by atoms with E-state index in [2.05, 4.69) is 38.4 Å². The van der Waals surface area contributed by atoms with Crippen LogP contribution in [0.4, 0.5) is 5.82 Å². The van der Waals surface area contributed by atoms with Crippen molar-refractivity contribution in [3.8, 4) is 5.82 Å². The average molecular weight is 319 g/mol. The lowest BCUT2D eigenvalue weighted by Gasteiger charge is -2.19. The van der Waals surface area contributed by atoms with Crippen LogP contribution in [0.1, 0.15) is 16.2 Å². The van der Waals surface area contributed by atoms with Crippen LogP contribution in [0.2, 0.25) is 0 Å². The normalized spacial score (nSPS) is 10.7. The van der Waals surface area contributed by atoms with Gasteiger partial charge in [-0.05, 0) is 10.3 Å². The third-order valence-corrected chi connectivity index (χ3v) is 2.95. The fourth-order valence-electron chi connectivity index (χ4n) is 1.98. The number of amides is 1. The summed E-state index contributed by atoms with van der Waals surface area (Å²) in [5.74, 6) is 4.76. The van der Waals surface area contributed by atoms with Crippen molar-refractivity contribution in [2.75, 3.05) is 18.8 Å². The molecule has 5 N–H and O–H groups in total. The van der Waals surface area contributed by atoms with Crippen molar-refractivity contribution >= 4 is 11.7 Å². The van der Waals surface area contributed by atoms with Crippen molar-refractivity contribution < 1.29 is 9.42 Å². The second-order valence-corrected chi connectivity index (χ2v) is 4.51. The number of carbonyl (C=O) groups excluding carboxylic acids is 1. The predicted molar refractivity (Wildman–Crippen MR) is 81.0 cm³/mol. The molecular weight excluding hydrogens is 302 g/mol. The quantitative estimate of drug-likeness (QED) is 0.241. The van der Waals surface area contributed by atoms with Gasteiger partial charge in [0.15, 0.2) is 5.69 Å². The van der Waals surface area contributed by atoms with E-state index in [-0.39, 0.29) is 17.3 Å². The predicted octanol–water partition coefficient (Wildman–Crippen LogP) is -0.990. The van der Waals surface area contributed by atoms with Gasteiger partial charge in [-0.25, -0.2) is 10.5 Å². The molecule has 0 aliphatic carbocycles. The van der Waals surface area contributed by atoms with Crippen LogP contribution < -0.4 is 17.0 Å². The largest absolute Gasteiger partial charge is 0.378 e. The molecule has 0 fully saturated rings. The topological polar surface area (TPSA) is 154 Å². The minimum absolute atomic E-state index is 0.0230. The van der Waals surface area contributed by atoms with Crippen molar-refractivity contribution in [3.05, 3.63) is 36.7 Å². The van der Waals surface area contributed by atoms with Crippen molar-refractivity contribution in [1.29, 1.82) is 0 Å². The summed E-state index contributed by atoms with van der Waals surface area (Å²) in [7, 11) is 0. The second-order valence-electron chi connectivity index (χ2n) is 4.51. The molecule has 0 saturated heterocycles. The van der Waals surface area contributed by atoms with E-state index in [0.29, 0.717) is 25.3 Å². The number of anilines is 1. The highest BCUT2D eigenvalue weighted by Crippen LogP contribution is 2.17. The third-order valence-electron chi connectivity index (χ3n) is 2.95. The van der Waals surface area contributed by atoms with E-state index in [0.717, 1.165) is 0 Å². The van der Waals surface area contributed by atoms with Gasteiger partial charge in [0.1, 0.15) is 0 Å². The molecular formula is C12H17N9O2.